The third-order valence-electron chi connectivity index (χ3n) is 3.40. The van der Waals surface area contributed by atoms with Crippen molar-refractivity contribution in [3.63, 3.8) is 0 Å². The van der Waals surface area contributed by atoms with E-state index in [2.05, 4.69) is 5.32 Å². The van der Waals surface area contributed by atoms with Gasteiger partial charge in [0, 0.05) is 13.5 Å². The molecule has 6 nitrogen and oxygen atoms in total. The highest BCUT2D eigenvalue weighted by Gasteiger charge is 2.16. The molecule has 2 N–H and O–H groups in total. The molecule has 0 saturated heterocycles. The Kier molecular flexibility index (Phi) is 5.94. The lowest BCUT2D eigenvalue weighted by molar-refractivity contribution is -0.122. The first-order chi connectivity index (χ1) is 11.1. The molecular formula is C17H19NO5. The monoisotopic (exact) mass is 317 g/mol. The Hall–Kier alpha value is -2.60. The number of nitrogens with one attached hydrogen (secondary N) is 1. The number of carboxylic acids is 1. The number of furan rings is 1. The number of carboxylic acid groups (broad SMARTS) is 1. The van der Waals surface area contributed by atoms with Gasteiger partial charge in [0.05, 0.1) is 18.4 Å². The number of hydrogen-bond donors (Lipinski definition) is 2. The number of benzene rings is 1. The number of amides is 1. The van der Waals surface area contributed by atoms with Crippen LogP contribution in [0, 0.1) is 0 Å². The van der Waals surface area contributed by atoms with Crippen LogP contribution in [0.4, 0.5) is 0 Å². The van der Waals surface area contributed by atoms with E-state index in [9.17, 15) is 9.59 Å². The Labute approximate surface area is 134 Å². The van der Waals surface area contributed by atoms with Crippen molar-refractivity contribution in [3.8, 4) is 0 Å². The van der Waals surface area contributed by atoms with Crippen molar-refractivity contribution in [2.24, 2.45) is 0 Å². The number of carbonyl (C=O) groups excluding carboxylic acids is 1. The Bertz CT molecular complexity index is 634. The summed E-state index contributed by atoms with van der Waals surface area (Å²) in [5.41, 5.74) is 1.14. The third-order valence-corrected chi connectivity index (χ3v) is 3.40. The molecule has 23 heavy (non-hydrogen) atoms. The molecule has 1 aromatic heterocycles. The molecule has 6 heteroatoms. The Morgan fingerprint density at radius 2 is 2.00 bits per heavy atom. The van der Waals surface area contributed by atoms with Gasteiger partial charge in [0.2, 0.25) is 5.91 Å². The lowest BCUT2D eigenvalue weighted by atomic mass is 10.1. The van der Waals surface area contributed by atoms with Crippen molar-refractivity contribution in [1.29, 1.82) is 0 Å². The quantitative estimate of drug-likeness (QED) is 0.780. The first kappa shape index (κ1) is 16.8. The Balaban J connectivity index is 1.87. The summed E-state index contributed by atoms with van der Waals surface area (Å²) in [6.45, 7) is 0.326. The summed E-state index contributed by atoms with van der Waals surface area (Å²) in [5.74, 6) is -0.438. The highest BCUT2D eigenvalue weighted by atomic mass is 16.5. The van der Waals surface area contributed by atoms with Crippen LogP contribution in [-0.4, -0.2) is 30.7 Å². The van der Waals surface area contributed by atoms with Crippen LogP contribution in [-0.2, 0) is 16.0 Å². The van der Waals surface area contributed by atoms with Crippen molar-refractivity contribution in [1.82, 2.24) is 5.32 Å². The van der Waals surface area contributed by atoms with Crippen molar-refractivity contribution < 1.29 is 23.8 Å². The van der Waals surface area contributed by atoms with Gasteiger partial charge in [0.25, 0.3) is 0 Å². The minimum absolute atomic E-state index is 0.120. The van der Waals surface area contributed by atoms with Crippen LogP contribution < -0.4 is 5.32 Å². The molecule has 0 bridgehead atoms. The van der Waals surface area contributed by atoms with Gasteiger partial charge in [0.15, 0.2) is 0 Å². The maximum Gasteiger partial charge on any atom is 0.335 e. The molecule has 0 aliphatic carbocycles. The van der Waals surface area contributed by atoms with E-state index in [0.717, 1.165) is 5.56 Å². The summed E-state index contributed by atoms with van der Waals surface area (Å²) in [4.78, 5) is 22.9. The second-order valence-electron chi connectivity index (χ2n) is 5.09. The van der Waals surface area contributed by atoms with E-state index in [1.54, 1.807) is 37.6 Å². The molecule has 1 amide bonds. The van der Waals surface area contributed by atoms with Crippen LogP contribution in [0.2, 0.25) is 0 Å². The van der Waals surface area contributed by atoms with E-state index in [1.165, 1.54) is 12.1 Å². The number of carbonyl (C=O) groups is 2. The van der Waals surface area contributed by atoms with Crippen molar-refractivity contribution in [3.05, 3.63) is 59.5 Å². The molecule has 1 aromatic carbocycles. The largest absolute Gasteiger partial charge is 0.478 e. The Morgan fingerprint density at radius 1 is 1.26 bits per heavy atom. The molecule has 0 fully saturated rings. The molecule has 0 aliphatic heterocycles. The van der Waals surface area contributed by atoms with E-state index < -0.39 is 5.97 Å². The summed E-state index contributed by atoms with van der Waals surface area (Å²) in [5, 5.41) is 11.7. The maximum atomic E-state index is 12.1. The van der Waals surface area contributed by atoms with Gasteiger partial charge >= 0.3 is 5.97 Å². The van der Waals surface area contributed by atoms with E-state index in [4.69, 9.17) is 14.3 Å². The number of aryl methyl sites for hydroxylation is 1. The van der Waals surface area contributed by atoms with Gasteiger partial charge in [-0.25, -0.2) is 4.79 Å². The standard InChI is InChI=1S/C17H19NO5/c1-22-11-14(15-3-2-10-23-15)18-16(19)9-6-12-4-7-13(8-5-12)17(20)21/h2-5,7-8,10,14H,6,9,11H2,1H3,(H,18,19)(H,20,21). The predicted octanol–water partition coefficient (Wildman–Crippen LogP) is 2.41. The highest BCUT2D eigenvalue weighted by molar-refractivity contribution is 5.87. The number of aromatic carboxylic acids is 1. The normalized spacial score (nSPS) is 11.9. The summed E-state index contributed by atoms with van der Waals surface area (Å²) >= 11 is 0. The number of methoxy groups -OCH3 is 1. The summed E-state index contributed by atoms with van der Waals surface area (Å²) in [6.07, 6.45) is 2.38. The van der Waals surface area contributed by atoms with Crippen LogP contribution in [0.3, 0.4) is 0 Å². The molecule has 122 valence electrons. The van der Waals surface area contributed by atoms with Crippen LogP contribution in [0.5, 0.6) is 0 Å². The molecule has 2 aromatic rings. The van der Waals surface area contributed by atoms with Gasteiger partial charge in [-0.05, 0) is 36.2 Å². The first-order valence-electron chi connectivity index (χ1n) is 7.24. The zero-order valence-corrected chi connectivity index (χ0v) is 12.8. The zero-order valence-electron chi connectivity index (χ0n) is 12.8. The van der Waals surface area contributed by atoms with Gasteiger partial charge in [-0.3, -0.25) is 4.79 Å². The molecule has 2 rings (SSSR count). The van der Waals surface area contributed by atoms with Gasteiger partial charge < -0.3 is 19.6 Å². The molecular weight excluding hydrogens is 298 g/mol. The fourth-order valence-corrected chi connectivity index (χ4v) is 2.19. The van der Waals surface area contributed by atoms with Crippen molar-refractivity contribution >= 4 is 11.9 Å². The Morgan fingerprint density at radius 3 is 2.57 bits per heavy atom. The topological polar surface area (TPSA) is 88.8 Å². The molecule has 0 radical (unpaired) electrons. The van der Waals surface area contributed by atoms with E-state index in [0.29, 0.717) is 25.2 Å². The van der Waals surface area contributed by atoms with Crippen molar-refractivity contribution in [2.75, 3.05) is 13.7 Å². The van der Waals surface area contributed by atoms with Gasteiger partial charge in [0.1, 0.15) is 11.8 Å². The zero-order chi connectivity index (χ0) is 16.7. The molecule has 1 heterocycles. The highest BCUT2D eigenvalue weighted by Crippen LogP contribution is 2.14. The predicted molar refractivity (Wildman–Crippen MR) is 83.2 cm³/mol. The fourth-order valence-electron chi connectivity index (χ4n) is 2.19. The average Bonchev–Trinajstić information content (AvgIpc) is 3.07. The molecule has 1 atom stereocenters. The van der Waals surface area contributed by atoms with Gasteiger partial charge in [-0.15, -0.1) is 0 Å². The first-order valence-corrected chi connectivity index (χ1v) is 7.24. The average molecular weight is 317 g/mol. The molecule has 1 unspecified atom stereocenters. The van der Waals surface area contributed by atoms with Gasteiger partial charge in [-0.2, -0.15) is 0 Å². The maximum absolute atomic E-state index is 12.1. The second kappa shape index (κ2) is 8.14. The smallest absolute Gasteiger partial charge is 0.335 e. The minimum Gasteiger partial charge on any atom is -0.478 e. The van der Waals surface area contributed by atoms with Crippen LogP contribution in [0.25, 0.3) is 0 Å². The molecule has 0 spiro atoms. The summed E-state index contributed by atoms with van der Waals surface area (Å²) in [6, 6.07) is 9.73. The minimum atomic E-state index is -0.963. The third kappa shape index (κ3) is 4.96. The lowest BCUT2D eigenvalue weighted by Gasteiger charge is -2.15. The van der Waals surface area contributed by atoms with E-state index in [1.807, 2.05) is 0 Å². The van der Waals surface area contributed by atoms with Crippen LogP contribution in [0.1, 0.15) is 34.1 Å². The summed E-state index contributed by atoms with van der Waals surface area (Å²) < 4.78 is 10.4. The molecule has 0 saturated carbocycles. The second-order valence-corrected chi connectivity index (χ2v) is 5.09. The van der Waals surface area contributed by atoms with Crippen LogP contribution >= 0.6 is 0 Å². The summed E-state index contributed by atoms with van der Waals surface area (Å²) in [7, 11) is 1.56. The van der Waals surface area contributed by atoms with Gasteiger partial charge in [-0.1, -0.05) is 12.1 Å². The SMILES string of the molecule is COCC(NC(=O)CCc1ccc(C(=O)O)cc1)c1ccco1. The number of hydrogen-bond acceptors (Lipinski definition) is 4. The number of ether oxygens (including phenoxy) is 1. The van der Waals surface area contributed by atoms with E-state index in [-0.39, 0.29) is 17.5 Å². The lowest BCUT2D eigenvalue weighted by Crippen LogP contribution is -2.31. The fraction of sp³-hybridized carbons (Fsp3) is 0.294. The number of rotatable bonds is 8. The van der Waals surface area contributed by atoms with Crippen LogP contribution in [0.15, 0.2) is 47.1 Å². The van der Waals surface area contributed by atoms with E-state index >= 15 is 0 Å². The molecule has 0 aliphatic rings. The van der Waals surface area contributed by atoms with Crippen molar-refractivity contribution in [2.45, 2.75) is 18.9 Å².